The molecule has 3 atom stereocenters. The van der Waals surface area contributed by atoms with Crippen LogP contribution in [0.5, 0.6) is 5.88 Å². The van der Waals surface area contributed by atoms with E-state index in [9.17, 15) is 14.7 Å². The zero-order chi connectivity index (χ0) is 27.1. The number of hydrogen-bond donors (Lipinski definition) is 2. The molecule has 204 valence electrons. The number of nitrogens with one attached hydrogen (secondary N) is 1. The van der Waals surface area contributed by atoms with Crippen molar-refractivity contribution in [2.75, 3.05) is 26.7 Å². The SMILES string of the molecule is C[C@@H]1CN([C@H](C)CO)C(=O)c2cc(C=Cc3ccccc3)cnc2O[C@H]1CN(C)C(=O)NC1CCCCC1. The van der Waals surface area contributed by atoms with Crippen LogP contribution in [0.15, 0.2) is 42.6 Å². The molecule has 2 aromatic rings. The number of aliphatic hydroxyl groups excluding tert-OH is 1. The van der Waals surface area contributed by atoms with Crippen LogP contribution in [-0.2, 0) is 0 Å². The molecule has 38 heavy (non-hydrogen) atoms. The molecule has 0 saturated heterocycles. The molecule has 8 heteroatoms. The lowest BCUT2D eigenvalue weighted by atomic mass is 9.96. The molecule has 0 bridgehead atoms. The Kier molecular flexibility index (Phi) is 9.39. The van der Waals surface area contributed by atoms with Crippen molar-refractivity contribution in [3.05, 3.63) is 59.3 Å². The summed E-state index contributed by atoms with van der Waals surface area (Å²) in [5.41, 5.74) is 2.17. The normalized spacial score (nSPS) is 21.3. The van der Waals surface area contributed by atoms with E-state index in [0.717, 1.165) is 36.8 Å². The predicted octanol–water partition coefficient (Wildman–Crippen LogP) is 4.45. The number of urea groups is 1. The molecule has 0 unspecified atom stereocenters. The summed E-state index contributed by atoms with van der Waals surface area (Å²) in [5.74, 6) is -0.0668. The van der Waals surface area contributed by atoms with Crippen LogP contribution in [0.4, 0.5) is 4.79 Å². The van der Waals surface area contributed by atoms with E-state index in [1.165, 1.54) is 6.42 Å². The van der Waals surface area contributed by atoms with Crippen LogP contribution < -0.4 is 10.1 Å². The molecule has 2 aliphatic rings. The molecule has 0 radical (unpaired) electrons. The molecule has 1 fully saturated rings. The largest absolute Gasteiger partial charge is 0.472 e. The maximum absolute atomic E-state index is 13.6. The summed E-state index contributed by atoms with van der Waals surface area (Å²) in [7, 11) is 1.78. The van der Waals surface area contributed by atoms with Crippen LogP contribution in [-0.4, -0.2) is 76.8 Å². The molecule has 1 aliphatic heterocycles. The van der Waals surface area contributed by atoms with Gasteiger partial charge in [0, 0.05) is 31.7 Å². The number of ether oxygens (including phenoxy) is 1. The summed E-state index contributed by atoms with van der Waals surface area (Å²) in [6.45, 7) is 4.44. The first kappa shape index (κ1) is 27.6. The number of carbonyl (C=O) groups is 2. The zero-order valence-electron chi connectivity index (χ0n) is 22.7. The smallest absolute Gasteiger partial charge is 0.317 e. The van der Waals surface area contributed by atoms with Crippen LogP contribution in [0.25, 0.3) is 12.2 Å². The highest BCUT2D eigenvalue weighted by Crippen LogP contribution is 2.28. The lowest BCUT2D eigenvalue weighted by Crippen LogP contribution is -2.52. The summed E-state index contributed by atoms with van der Waals surface area (Å²) in [5, 5.41) is 13.1. The maximum Gasteiger partial charge on any atom is 0.317 e. The average Bonchev–Trinajstić information content (AvgIpc) is 2.94. The molecule has 4 rings (SSSR count). The Hall–Kier alpha value is -3.39. The fraction of sp³-hybridized carbons (Fsp3) is 0.500. The van der Waals surface area contributed by atoms with Gasteiger partial charge in [0.1, 0.15) is 11.7 Å². The minimum atomic E-state index is -0.379. The molecule has 1 aromatic carbocycles. The number of likely N-dealkylation sites (N-methyl/N-ethyl adjacent to an activating group) is 1. The van der Waals surface area contributed by atoms with Crippen LogP contribution in [0.1, 0.15) is 67.4 Å². The van der Waals surface area contributed by atoms with Crippen molar-refractivity contribution in [1.29, 1.82) is 0 Å². The Morgan fingerprint density at radius 3 is 2.63 bits per heavy atom. The Bertz CT molecular complexity index is 1120. The number of hydrogen-bond acceptors (Lipinski definition) is 5. The third kappa shape index (κ3) is 6.92. The Balaban J connectivity index is 1.56. The fourth-order valence-corrected chi connectivity index (χ4v) is 5.07. The van der Waals surface area contributed by atoms with Gasteiger partial charge < -0.3 is 25.0 Å². The molecule has 2 N–H and O–H groups in total. The van der Waals surface area contributed by atoms with Gasteiger partial charge in [-0.05, 0) is 37.0 Å². The van der Waals surface area contributed by atoms with Gasteiger partial charge in [-0.1, -0.05) is 68.7 Å². The third-order valence-corrected chi connectivity index (χ3v) is 7.54. The van der Waals surface area contributed by atoms with E-state index >= 15 is 0 Å². The van der Waals surface area contributed by atoms with Crippen LogP contribution >= 0.6 is 0 Å². The highest BCUT2D eigenvalue weighted by Gasteiger charge is 2.35. The number of aromatic nitrogens is 1. The number of pyridine rings is 1. The quantitative estimate of drug-likeness (QED) is 0.563. The molecule has 1 aliphatic carbocycles. The van der Waals surface area contributed by atoms with Crippen molar-refractivity contribution in [3.8, 4) is 5.88 Å². The van der Waals surface area contributed by atoms with E-state index in [1.807, 2.05) is 56.3 Å². The number of benzene rings is 1. The van der Waals surface area contributed by atoms with E-state index in [4.69, 9.17) is 4.74 Å². The Labute approximate surface area is 225 Å². The van der Waals surface area contributed by atoms with Gasteiger partial charge >= 0.3 is 6.03 Å². The van der Waals surface area contributed by atoms with Gasteiger partial charge in [-0.2, -0.15) is 0 Å². The molecule has 0 spiro atoms. The highest BCUT2D eigenvalue weighted by molar-refractivity contribution is 5.97. The first-order chi connectivity index (χ1) is 18.4. The summed E-state index contributed by atoms with van der Waals surface area (Å²) < 4.78 is 6.34. The van der Waals surface area contributed by atoms with Gasteiger partial charge in [0.25, 0.3) is 5.91 Å². The number of carbonyl (C=O) groups excluding carboxylic acids is 2. The maximum atomic E-state index is 13.6. The first-order valence-corrected chi connectivity index (χ1v) is 13.7. The summed E-state index contributed by atoms with van der Waals surface area (Å²) in [6.07, 6.45) is 10.8. The molecule has 1 aromatic heterocycles. The van der Waals surface area contributed by atoms with Gasteiger partial charge in [0.2, 0.25) is 5.88 Å². The van der Waals surface area contributed by atoms with Crippen LogP contribution in [0.3, 0.4) is 0 Å². The van der Waals surface area contributed by atoms with Crippen molar-refractivity contribution < 1.29 is 19.4 Å². The fourth-order valence-electron chi connectivity index (χ4n) is 5.07. The second kappa shape index (κ2) is 12.9. The number of nitrogens with zero attached hydrogens (tertiary/aromatic N) is 3. The lowest BCUT2D eigenvalue weighted by Gasteiger charge is -2.38. The van der Waals surface area contributed by atoms with E-state index in [1.54, 1.807) is 29.1 Å². The molecule has 1 saturated carbocycles. The van der Waals surface area contributed by atoms with Gasteiger partial charge in [-0.3, -0.25) is 4.79 Å². The summed E-state index contributed by atoms with van der Waals surface area (Å²) in [4.78, 5) is 34.4. The first-order valence-electron chi connectivity index (χ1n) is 13.7. The van der Waals surface area contributed by atoms with Crippen LogP contribution in [0, 0.1) is 5.92 Å². The van der Waals surface area contributed by atoms with Crippen molar-refractivity contribution in [1.82, 2.24) is 20.1 Å². The van der Waals surface area contributed by atoms with Gasteiger partial charge in [-0.15, -0.1) is 0 Å². The van der Waals surface area contributed by atoms with E-state index in [-0.39, 0.29) is 48.5 Å². The minimum Gasteiger partial charge on any atom is -0.472 e. The van der Waals surface area contributed by atoms with E-state index in [0.29, 0.717) is 18.7 Å². The van der Waals surface area contributed by atoms with Crippen molar-refractivity contribution >= 4 is 24.1 Å². The monoisotopic (exact) mass is 520 g/mol. The minimum absolute atomic E-state index is 0.0921. The number of fused-ring (bicyclic) bond motifs is 1. The molecular formula is C30H40N4O4. The molecule has 8 nitrogen and oxygen atoms in total. The highest BCUT2D eigenvalue weighted by atomic mass is 16.5. The van der Waals surface area contributed by atoms with Crippen LogP contribution in [0.2, 0.25) is 0 Å². The Morgan fingerprint density at radius 1 is 1.21 bits per heavy atom. The lowest BCUT2D eigenvalue weighted by molar-refractivity contribution is 0.0351. The summed E-state index contributed by atoms with van der Waals surface area (Å²) in [6, 6.07) is 11.4. The van der Waals surface area contributed by atoms with Crippen molar-refractivity contribution in [2.24, 2.45) is 5.92 Å². The molecule has 2 heterocycles. The number of rotatable bonds is 7. The van der Waals surface area contributed by atoms with Crippen molar-refractivity contribution in [3.63, 3.8) is 0 Å². The summed E-state index contributed by atoms with van der Waals surface area (Å²) >= 11 is 0. The molecular weight excluding hydrogens is 480 g/mol. The average molecular weight is 521 g/mol. The second-order valence-electron chi connectivity index (χ2n) is 10.7. The third-order valence-electron chi connectivity index (χ3n) is 7.54. The van der Waals surface area contributed by atoms with Gasteiger partial charge in [0.05, 0.1) is 19.2 Å². The Morgan fingerprint density at radius 2 is 1.92 bits per heavy atom. The standard InChI is InChI=1S/C30H40N4O4/c1-21-18-34(22(2)20-35)29(36)26-16-24(15-14-23-10-6-4-7-11-23)17-31-28(26)38-27(21)19-33(3)30(37)32-25-12-8-5-9-13-25/h4,6-7,10-11,14-17,21-22,25,27,35H,5,8-9,12-13,18-20H2,1-3H3,(H,32,37)/t21-,22-,27+/m1/s1. The molecule has 3 amide bonds. The topological polar surface area (TPSA) is 95.0 Å². The predicted molar refractivity (Wildman–Crippen MR) is 149 cm³/mol. The van der Waals surface area contributed by atoms with E-state index in [2.05, 4.69) is 10.3 Å². The second-order valence-corrected chi connectivity index (χ2v) is 10.7. The van der Waals surface area contributed by atoms with Crippen molar-refractivity contribution in [2.45, 2.75) is 64.1 Å². The van der Waals surface area contributed by atoms with E-state index < -0.39 is 0 Å². The zero-order valence-corrected chi connectivity index (χ0v) is 22.7. The van der Waals surface area contributed by atoms with Gasteiger partial charge in [-0.25, -0.2) is 9.78 Å². The number of amides is 3. The van der Waals surface area contributed by atoms with Gasteiger partial charge in [0.15, 0.2) is 0 Å². The number of aliphatic hydroxyl groups is 1.